The number of carboxylic acid groups (broad SMARTS) is 1. The number of hydrogen-bond donors (Lipinski definition) is 12. The Kier molecular flexibility index (Phi) is 18.5. The van der Waals surface area contributed by atoms with Gasteiger partial charge in [0.1, 0.15) is 36.0 Å². The highest BCUT2D eigenvalue weighted by atomic mass is 16.4. The molecule has 3 aromatic carbocycles. The number of aliphatic imine (C=N–C) groups is 2. The Hall–Kier alpha value is -6.96. The van der Waals surface area contributed by atoms with Crippen LogP contribution in [-0.4, -0.2) is 107 Å². The van der Waals surface area contributed by atoms with Gasteiger partial charge < -0.3 is 65.5 Å². The van der Waals surface area contributed by atoms with Crippen LogP contribution in [0.4, 0.5) is 0 Å². The van der Waals surface area contributed by atoms with Crippen molar-refractivity contribution >= 4 is 58.2 Å². The maximum Gasteiger partial charge on any atom is 0.325 e. The number of fused-ring (bicyclic) bond motifs is 1. The Morgan fingerprint density at radius 1 is 0.583 bits per heavy atom. The number of nitrogens with zero attached hydrogens (tertiary/aromatic N) is 2. The zero-order chi connectivity index (χ0) is 44.4. The molecule has 0 aliphatic carbocycles. The van der Waals surface area contributed by atoms with Crippen molar-refractivity contribution in [1.82, 2.24) is 26.6 Å². The van der Waals surface area contributed by atoms with Crippen molar-refractivity contribution in [3.05, 3.63) is 77.9 Å². The van der Waals surface area contributed by atoms with E-state index in [0.717, 1.165) is 10.8 Å². The van der Waals surface area contributed by atoms with Crippen LogP contribution in [0.15, 0.2) is 76.7 Å². The third-order valence-corrected chi connectivity index (χ3v) is 9.25. The highest BCUT2D eigenvalue weighted by Crippen LogP contribution is 2.17. The highest BCUT2D eigenvalue weighted by Gasteiger charge is 2.32. The summed E-state index contributed by atoms with van der Waals surface area (Å²) in [6, 6.07) is 11.8. The molecule has 0 aliphatic rings. The van der Waals surface area contributed by atoms with E-state index in [2.05, 4.69) is 36.6 Å². The van der Waals surface area contributed by atoms with Gasteiger partial charge in [-0.3, -0.25) is 38.8 Å². The van der Waals surface area contributed by atoms with Gasteiger partial charge in [0.2, 0.25) is 29.5 Å². The van der Waals surface area contributed by atoms with Crippen LogP contribution in [0, 0.1) is 0 Å². The number of aromatic hydroxyl groups is 1. The van der Waals surface area contributed by atoms with Crippen LogP contribution in [0.25, 0.3) is 10.8 Å². The first-order valence-corrected chi connectivity index (χ1v) is 19.3. The lowest BCUT2D eigenvalue weighted by molar-refractivity contribution is -0.141. The second-order valence-electron chi connectivity index (χ2n) is 14.2. The minimum absolute atomic E-state index is 0.0143. The summed E-state index contributed by atoms with van der Waals surface area (Å²) in [5.74, 6) is -5.31. The number of aliphatic carboxylic acids is 1. The molecule has 324 valence electrons. The summed E-state index contributed by atoms with van der Waals surface area (Å²) >= 11 is 0. The van der Waals surface area contributed by atoms with Crippen LogP contribution in [0.1, 0.15) is 50.7 Å². The minimum atomic E-state index is -1.30. The van der Waals surface area contributed by atoms with Crippen LogP contribution in [0.3, 0.4) is 0 Å². The van der Waals surface area contributed by atoms with E-state index in [4.69, 9.17) is 28.7 Å². The third kappa shape index (κ3) is 16.1. The van der Waals surface area contributed by atoms with Gasteiger partial charge in [-0.15, -0.1) is 0 Å². The van der Waals surface area contributed by atoms with Crippen LogP contribution in [-0.2, 0) is 41.6 Å². The molecule has 20 nitrogen and oxygen atoms in total. The van der Waals surface area contributed by atoms with Crippen LogP contribution >= 0.6 is 0 Å². The van der Waals surface area contributed by atoms with Gasteiger partial charge in [-0.2, -0.15) is 0 Å². The van der Waals surface area contributed by atoms with Crippen molar-refractivity contribution in [2.24, 2.45) is 38.7 Å². The molecule has 0 aliphatic heterocycles. The van der Waals surface area contributed by atoms with Crippen molar-refractivity contribution in [1.29, 1.82) is 0 Å². The SMILES string of the molecule is C[C@H](NC(=O)[C@H](C)NC(=O)[C@H](Cc1ccc2ccccc2c1)NC(=O)[C@H](CCCN=C(N)N)NC(=O)[C@H](CCCN=C(N)N)NC(=O)[C@H](N)Cc1ccc(O)cc1)C(=O)O. The number of carbonyl (C=O) groups is 6. The van der Waals surface area contributed by atoms with E-state index in [9.17, 15) is 39.0 Å². The maximum absolute atomic E-state index is 14.2. The smallest absolute Gasteiger partial charge is 0.325 e. The Morgan fingerprint density at radius 2 is 1.07 bits per heavy atom. The molecule has 20 heteroatoms. The fourth-order valence-electron chi connectivity index (χ4n) is 5.94. The van der Waals surface area contributed by atoms with Gasteiger partial charge in [-0.1, -0.05) is 54.6 Å². The standard InChI is InChI=1S/C40H56N12O8/c1-22(33(54)49-23(2)38(59)60)48-37(58)32(21-25-11-14-26-7-3-4-8-27(26)19-25)52-36(57)31(10-6-18-47-40(44)45)51-35(56)30(9-5-17-46-39(42)43)50-34(55)29(41)20-24-12-15-28(53)16-13-24/h3-4,7-8,11-16,19,22-23,29-32,53H,5-6,9-10,17-18,20-21,41H2,1-2H3,(H,48,58)(H,49,54)(H,50,55)(H,51,56)(H,52,57)(H,59,60)(H4,42,43,46)(H4,44,45,47)/t22-,23-,29+,30-,31-,32-/m0/s1. The molecule has 0 unspecified atom stereocenters. The first-order chi connectivity index (χ1) is 28.4. The molecule has 0 radical (unpaired) electrons. The van der Waals surface area contributed by atoms with Gasteiger partial charge in [0.15, 0.2) is 11.9 Å². The zero-order valence-electron chi connectivity index (χ0n) is 33.6. The number of hydrogen-bond acceptors (Lipinski definition) is 10. The average molecular weight is 833 g/mol. The predicted molar refractivity (Wildman–Crippen MR) is 226 cm³/mol. The molecular weight excluding hydrogens is 777 g/mol. The summed E-state index contributed by atoms with van der Waals surface area (Å²) in [6.07, 6.45) is 0.518. The van der Waals surface area contributed by atoms with E-state index >= 15 is 0 Å². The highest BCUT2D eigenvalue weighted by molar-refractivity contribution is 5.96. The normalized spacial score (nSPS) is 13.8. The minimum Gasteiger partial charge on any atom is -0.508 e. The average Bonchev–Trinajstić information content (AvgIpc) is 3.20. The molecule has 0 saturated heterocycles. The van der Waals surface area contributed by atoms with Crippen molar-refractivity contribution in [2.75, 3.05) is 13.1 Å². The third-order valence-electron chi connectivity index (χ3n) is 9.25. The fraction of sp³-hybridized carbons (Fsp3) is 0.400. The lowest BCUT2D eigenvalue weighted by Gasteiger charge is -2.27. The quantitative estimate of drug-likeness (QED) is 0.0289. The van der Waals surface area contributed by atoms with E-state index in [1.54, 1.807) is 18.2 Å². The first kappa shape index (κ1) is 47.4. The van der Waals surface area contributed by atoms with E-state index in [1.807, 2.05) is 36.4 Å². The summed E-state index contributed by atoms with van der Waals surface area (Å²) in [5.41, 5.74) is 29.4. The van der Waals surface area contributed by atoms with E-state index in [0.29, 0.717) is 11.1 Å². The lowest BCUT2D eigenvalue weighted by Crippen LogP contribution is -2.59. The number of carboxylic acids is 1. The number of amides is 5. The number of nitrogens with one attached hydrogen (secondary N) is 5. The molecule has 3 aromatic rings. The van der Waals surface area contributed by atoms with Crippen LogP contribution < -0.4 is 55.3 Å². The summed E-state index contributed by atoms with van der Waals surface area (Å²) < 4.78 is 0. The van der Waals surface area contributed by atoms with E-state index < -0.39 is 71.8 Å². The summed E-state index contributed by atoms with van der Waals surface area (Å²) in [7, 11) is 0. The van der Waals surface area contributed by atoms with E-state index in [-0.39, 0.29) is 69.3 Å². The fourth-order valence-corrected chi connectivity index (χ4v) is 5.94. The van der Waals surface area contributed by atoms with Crippen LogP contribution in [0.2, 0.25) is 0 Å². The molecule has 17 N–H and O–H groups in total. The molecule has 0 heterocycles. The summed E-state index contributed by atoms with van der Waals surface area (Å²) in [4.78, 5) is 87.3. The van der Waals surface area contributed by atoms with Gasteiger partial charge >= 0.3 is 5.97 Å². The molecule has 0 aromatic heterocycles. The Balaban J connectivity index is 1.90. The number of phenolic OH excluding ortho intramolecular Hbond substituents is 1. The number of phenols is 1. The first-order valence-electron chi connectivity index (χ1n) is 19.3. The monoisotopic (exact) mass is 832 g/mol. The summed E-state index contributed by atoms with van der Waals surface area (Å²) in [5, 5.41) is 33.6. The number of carbonyl (C=O) groups excluding carboxylic acids is 5. The summed E-state index contributed by atoms with van der Waals surface area (Å²) in [6.45, 7) is 2.85. The largest absolute Gasteiger partial charge is 0.508 e. The van der Waals surface area contributed by atoms with Gasteiger partial charge in [0.05, 0.1) is 6.04 Å². The molecule has 0 saturated carbocycles. The Bertz CT molecular complexity index is 2020. The van der Waals surface area contributed by atoms with Crippen molar-refractivity contribution < 1.29 is 39.0 Å². The van der Waals surface area contributed by atoms with Crippen molar-refractivity contribution in [3.63, 3.8) is 0 Å². The van der Waals surface area contributed by atoms with E-state index in [1.165, 1.54) is 26.0 Å². The number of rotatable bonds is 23. The van der Waals surface area contributed by atoms with Crippen molar-refractivity contribution in [2.45, 2.75) is 88.6 Å². The molecule has 5 amide bonds. The number of benzene rings is 3. The lowest BCUT2D eigenvalue weighted by atomic mass is 10.00. The van der Waals surface area contributed by atoms with Gasteiger partial charge in [0, 0.05) is 19.5 Å². The Labute approximate surface area is 347 Å². The molecular formula is C40H56N12O8. The van der Waals surface area contributed by atoms with Gasteiger partial charge in [-0.05, 0) is 80.0 Å². The number of nitrogens with two attached hydrogens (primary N) is 5. The molecule has 0 bridgehead atoms. The predicted octanol–water partition coefficient (Wildman–Crippen LogP) is -1.69. The maximum atomic E-state index is 14.2. The molecule has 0 fully saturated rings. The van der Waals surface area contributed by atoms with Crippen LogP contribution in [0.5, 0.6) is 5.75 Å². The molecule has 6 atom stereocenters. The van der Waals surface area contributed by atoms with Gasteiger partial charge in [-0.25, -0.2) is 0 Å². The molecule has 0 spiro atoms. The molecule has 3 rings (SSSR count). The molecule has 60 heavy (non-hydrogen) atoms. The zero-order valence-corrected chi connectivity index (χ0v) is 33.6. The van der Waals surface area contributed by atoms with Gasteiger partial charge in [0.25, 0.3) is 0 Å². The topological polar surface area (TPSA) is 358 Å². The second kappa shape index (κ2) is 23.4. The number of guanidine groups is 2. The Morgan fingerprint density at radius 3 is 1.62 bits per heavy atom. The van der Waals surface area contributed by atoms with Crippen molar-refractivity contribution in [3.8, 4) is 5.75 Å². The second-order valence-corrected chi connectivity index (χ2v) is 14.2.